The maximum absolute atomic E-state index is 9.33. The minimum atomic E-state index is -0.543. The minimum Gasteiger partial charge on any atom is -0.392 e. The first kappa shape index (κ1) is 11.8. The van der Waals surface area contributed by atoms with Gasteiger partial charge in [-0.25, -0.2) is 4.98 Å². The lowest BCUT2D eigenvalue weighted by atomic mass is 10.2. The quantitative estimate of drug-likeness (QED) is 0.702. The van der Waals surface area contributed by atoms with Crippen LogP contribution in [-0.2, 0) is 0 Å². The van der Waals surface area contributed by atoms with Crippen molar-refractivity contribution in [3.63, 3.8) is 0 Å². The lowest BCUT2D eigenvalue weighted by Gasteiger charge is -2.16. The van der Waals surface area contributed by atoms with Gasteiger partial charge >= 0.3 is 0 Å². The van der Waals surface area contributed by atoms with E-state index in [4.69, 9.17) is 5.73 Å². The van der Waals surface area contributed by atoms with Gasteiger partial charge in [-0.1, -0.05) is 0 Å². The number of hydrogen-bond acceptors (Lipinski definition) is 5. The van der Waals surface area contributed by atoms with E-state index < -0.39 is 6.10 Å². The van der Waals surface area contributed by atoms with Crippen LogP contribution < -0.4 is 11.1 Å². The SMILES string of the molecule is Cc1cc(NCC(N)C(C)O)n2ncnc2c1. The number of anilines is 1. The van der Waals surface area contributed by atoms with Gasteiger partial charge in [0.05, 0.1) is 6.10 Å². The van der Waals surface area contributed by atoms with Gasteiger partial charge in [-0.05, 0) is 31.5 Å². The molecular formula is C11H17N5O. The van der Waals surface area contributed by atoms with Crippen molar-refractivity contribution >= 4 is 11.5 Å². The van der Waals surface area contributed by atoms with E-state index in [2.05, 4.69) is 15.4 Å². The monoisotopic (exact) mass is 235 g/mol. The second-order valence-corrected chi connectivity index (χ2v) is 4.23. The fourth-order valence-electron chi connectivity index (χ4n) is 1.58. The van der Waals surface area contributed by atoms with E-state index in [-0.39, 0.29) is 6.04 Å². The molecule has 4 N–H and O–H groups in total. The highest BCUT2D eigenvalue weighted by molar-refractivity contribution is 5.51. The Kier molecular flexibility index (Phi) is 3.26. The fraction of sp³-hybridized carbons (Fsp3) is 0.455. The molecule has 0 aromatic carbocycles. The third-order valence-electron chi connectivity index (χ3n) is 2.66. The number of hydrogen-bond donors (Lipinski definition) is 3. The summed E-state index contributed by atoms with van der Waals surface area (Å²) < 4.78 is 1.71. The van der Waals surface area contributed by atoms with Crippen molar-refractivity contribution in [2.45, 2.75) is 26.0 Å². The second kappa shape index (κ2) is 4.68. The highest BCUT2D eigenvalue weighted by Gasteiger charge is 2.10. The van der Waals surface area contributed by atoms with Crippen LogP contribution in [0.15, 0.2) is 18.5 Å². The molecule has 17 heavy (non-hydrogen) atoms. The summed E-state index contributed by atoms with van der Waals surface area (Å²) in [7, 11) is 0. The topological polar surface area (TPSA) is 88.5 Å². The number of aromatic nitrogens is 3. The van der Waals surface area contributed by atoms with Gasteiger partial charge in [0.1, 0.15) is 12.1 Å². The van der Waals surface area contributed by atoms with E-state index in [9.17, 15) is 5.11 Å². The highest BCUT2D eigenvalue weighted by atomic mass is 16.3. The van der Waals surface area contributed by atoms with Gasteiger partial charge in [0.25, 0.3) is 0 Å². The molecule has 0 aliphatic carbocycles. The third-order valence-corrected chi connectivity index (χ3v) is 2.66. The molecule has 0 fully saturated rings. The van der Waals surface area contributed by atoms with Gasteiger partial charge in [0.15, 0.2) is 5.65 Å². The summed E-state index contributed by atoms with van der Waals surface area (Å²) in [5.41, 5.74) is 7.65. The number of aryl methyl sites for hydroxylation is 1. The standard InChI is InChI=1S/C11H17N5O/c1-7-3-10(13-5-9(12)8(2)17)16-11(4-7)14-6-15-16/h3-4,6,8-9,13,17H,5,12H2,1-2H3. The average molecular weight is 235 g/mol. The Balaban J connectivity index is 2.20. The first-order valence-corrected chi connectivity index (χ1v) is 5.56. The number of nitrogens with one attached hydrogen (secondary N) is 1. The summed E-state index contributed by atoms with van der Waals surface area (Å²) in [6.07, 6.45) is 0.965. The summed E-state index contributed by atoms with van der Waals surface area (Å²) in [4.78, 5) is 4.13. The number of nitrogens with zero attached hydrogens (tertiary/aromatic N) is 3. The Morgan fingerprint density at radius 3 is 3.00 bits per heavy atom. The van der Waals surface area contributed by atoms with Crippen LogP contribution in [0.4, 0.5) is 5.82 Å². The Bertz CT molecular complexity index is 508. The zero-order valence-corrected chi connectivity index (χ0v) is 9.96. The van der Waals surface area contributed by atoms with E-state index in [0.29, 0.717) is 6.54 Å². The molecule has 2 aromatic rings. The number of pyridine rings is 1. The average Bonchev–Trinajstić information content (AvgIpc) is 2.72. The summed E-state index contributed by atoms with van der Waals surface area (Å²) in [5, 5.41) is 16.6. The fourth-order valence-corrected chi connectivity index (χ4v) is 1.58. The molecule has 6 nitrogen and oxygen atoms in total. The lowest BCUT2D eigenvalue weighted by Crippen LogP contribution is -2.39. The highest BCUT2D eigenvalue weighted by Crippen LogP contribution is 2.13. The molecule has 0 saturated heterocycles. The Morgan fingerprint density at radius 1 is 1.53 bits per heavy atom. The van der Waals surface area contributed by atoms with E-state index in [1.165, 1.54) is 6.33 Å². The molecule has 2 rings (SSSR count). The molecular weight excluding hydrogens is 218 g/mol. The molecule has 92 valence electrons. The summed E-state index contributed by atoms with van der Waals surface area (Å²) in [5.74, 6) is 0.827. The van der Waals surface area contributed by atoms with Crippen LogP contribution >= 0.6 is 0 Å². The van der Waals surface area contributed by atoms with Crippen molar-refractivity contribution in [3.05, 3.63) is 24.0 Å². The number of rotatable bonds is 4. The van der Waals surface area contributed by atoms with Crippen LogP contribution in [0.5, 0.6) is 0 Å². The van der Waals surface area contributed by atoms with Crippen molar-refractivity contribution in [1.82, 2.24) is 14.6 Å². The van der Waals surface area contributed by atoms with Gasteiger partial charge in [-0.2, -0.15) is 9.61 Å². The van der Waals surface area contributed by atoms with Crippen LogP contribution in [-0.4, -0.2) is 38.4 Å². The maximum Gasteiger partial charge on any atom is 0.157 e. The predicted octanol–water partition coefficient (Wildman–Crippen LogP) is 0.158. The minimum absolute atomic E-state index is 0.311. The van der Waals surface area contributed by atoms with Crippen molar-refractivity contribution in [2.75, 3.05) is 11.9 Å². The van der Waals surface area contributed by atoms with E-state index >= 15 is 0 Å². The molecule has 2 heterocycles. The van der Waals surface area contributed by atoms with Crippen LogP contribution in [0, 0.1) is 6.92 Å². The molecule has 0 aliphatic rings. The zero-order chi connectivity index (χ0) is 12.4. The second-order valence-electron chi connectivity index (χ2n) is 4.23. The number of fused-ring (bicyclic) bond motifs is 1. The maximum atomic E-state index is 9.33. The van der Waals surface area contributed by atoms with Gasteiger partial charge in [0.2, 0.25) is 0 Å². The number of aliphatic hydroxyl groups excluding tert-OH is 1. The Hall–Kier alpha value is -1.66. The summed E-state index contributed by atoms with van der Waals surface area (Å²) in [6.45, 7) is 4.15. The van der Waals surface area contributed by atoms with Crippen molar-refractivity contribution in [3.8, 4) is 0 Å². The molecule has 2 unspecified atom stereocenters. The van der Waals surface area contributed by atoms with Crippen molar-refractivity contribution in [1.29, 1.82) is 0 Å². The first-order chi connectivity index (χ1) is 8.08. The molecule has 0 bridgehead atoms. The van der Waals surface area contributed by atoms with Gasteiger partial charge in [0, 0.05) is 12.6 Å². The molecule has 0 spiro atoms. The Morgan fingerprint density at radius 2 is 2.29 bits per heavy atom. The van der Waals surface area contributed by atoms with Gasteiger partial charge < -0.3 is 16.2 Å². The summed E-state index contributed by atoms with van der Waals surface area (Å²) in [6, 6.07) is 3.61. The van der Waals surface area contributed by atoms with Gasteiger partial charge in [-0.15, -0.1) is 0 Å². The zero-order valence-electron chi connectivity index (χ0n) is 9.96. The first-order valence-electron chi connectivity index (χ1n) is 5.56. The van der Waals surface area contributed by atoms with Crippen LogP contribution in [0.2, 0.25) is 0 Å². The van der Waals surface area contributed by atoms with E-state index in [1.54, 1.807) is 11.4 Å². The molecule has 0 radical (unpaired) electrons. The lowest BCUT2D eigenvalue weighted by molar-refractivity contribution is 0.168. The van der Waals surface area contributed by atoms with Crippen LogP contribution in [0.25, 0.3) is 5.65 Å². The molecule has 0 aliphatic heterocycles. The molecule has 2 aromatic heterocycles. The van der Waals surface area contributed by atoms with Crippen LogP contribution in [0.3, 0.4) is 0 Å². The van der Waals surface area contributed by atoms with Crippen LogP contribution in [0.1, 0.15) is 12.5 Å². The number of nitrogens with two attached hydrogens (primary N) is 1. The summed E-state index contributed by atoms with van der Waals surface area (Å²) >= 11 is 0. The normalized spacial score (nSPS) is 14.8. The molecule has 0 amide bonds. The Labute approximate surface area is 99.5 Å². The van der Waals surface area contributed by atoms with E-state index in [0.717, 1.165) is 17.0 Å². The largest absolute Gasteiger partial charge is 0.392 e. The van der Waals surface area contributed by atoms with E-state index in [1.807, 2.05) is 19.1 Å². The van der Waals surface area contributed by atoms with Crippen molar-refractivity contribution < 1.29 is 5.11 Å². The molecule has 6 heteroatoms. The molecule has 2 atom stereocenters. The number of aliphatic hydroxyl groups is 1. The molecule has 0 saturated carbocycles. The van der Waals surface area contributed by atoms with Gasteiger partial charge in [-0.3, -0.25) is 0 Å². The predicted molar refractivity (Wildman–Crippen MR) is 65.9 cm³/mol. The van der Waals surface area contributed by atoms with Crippen molar-refractivity contribution in [2.24, 2.45) is 5.73 Å². The smallest absolute Gasteiger partial charge is 0.157 e. The third kappa shape index (κ3) is 2.54.